The summed E-state index contributed by atoms with van der Waals surface area (Å²) in [6, 6.07) is 8.98. The highest BCUT2D eigenvalue weighted by molar-refractivity contribution is 5.96. The van der Waals surface area contributed by atoms with Crippen molar-refractivity contribution in [2.45, 2.75) is 31.7 Å². The molecular formula is C22H20F3N3O3. The summed E-state index contributed by atoms with van der Waals surface area (Å²) in [6.45, 7) is 0.871. The molecule has 1 aliphatic heterocycles. The topological polar surface area (TPSA) is 73.3 Å². The third kappa shape index (κ3) is 5.11. The SMILES string of the molecule is O=C(NCc1ccc(OC2CCOCC2)c(C(F)(F)F)c1)c1cnc2ncccc2c1. The number of hydrogen-bond donors (Lipinski definition) is 1. The Morgan fingerprint density at radius 1 is 1.16 bits per heavy atom. The van der Waals surface area contributed by atoms with Crippen LogP contribution in [0, 0.1) is 0 Å². The zero-order chi connectivity index (χ0) is 21.8. The molecule has 0 saturated carbocycles. The fourth-order valence-electron chi connectivity index (χ4n) is 3.36. The first-order chi connectivity index (χ1) is 14.9. The fraction of sp³-hybridized carbons (Fsp3) is 0.318. The van der Waals surface area contributed by atoms with Crippen LogP contribution in [0.1, 0.15) is 34.3 Å². The van der Waals surface area contributed by atoms with Crippen LogP contribution in [-0.2, 0) is 17.5 Å². The Hall–Kier alpha value is -3.20. The van der Waals surface area contributed by atoms with Crippen LogP contribution in [0.5, 0.6) is 5.75 Å². The second-order valence-electron chi connectivity index (χ2n) is 7.21. The van der Waals surface area contributed by atoms with Gasteiger partial charge in [0.1, 0.15) is 11.9 Å². The molecule has 0 bridgehead atoms. The van der Waals surface area contributed by atoms with Crippen LogP contribution in [0.15, 0.2) is 48.8 Å². The summed E-state index contributed by atoms with van der Waals surface area (Å²) in [5.74, 6) is -0.643. The molecule has 3 aromatic rings. The van der Waals surface area contributed by atoms with E-state index in [1.54, 1.807) is 24.4 Å². The van der Waals surface area contributed by atoms with Gasteiger partial charge in [-0.15, -0.1) is 0 Å². The van der Waals surface area contributed by atoms with Gasteiger partial charge in [0.05, 0.1) is 24.3 Å². The fourth-order valence-corrected chi connectivity index (χ4v) is 3.36. The van der Waals surface area contributed by atoms with Gasteiger partial charge >= 0.3 is 6.18 Å². The second-order valence-corrected chi connectivity index (χ2v) is 7.21. The number of alkyl halides is 3. The maximum absolute atomic E-state index is 13.6. The minimum absolute atomic E-state index is 0.0649. The molecule has 0 aliphatic carbocycles. The van der Waals surface area contributed by atoms with E-state index < -0.39 is 17.6 Å². The first-order valence-corrected chi connectivity index (χ1v) is 9.83. The number of aromatic nitrogens is 2. The van der Waals surface area contributed by atoms with Crippen molar-refractivity contribution in [3.63, 3.8) is 0 Å². The minimum Gasteiger partial charge on any atom is -0.490 e. The number of carbonyl (C=O) groups excluding carboxylic acids is 1. The molecule has 3 heterocycles. The van der Waals surface area contributed by atoms with E-state index in [1.807, 2.05) is 0 Å². The Morgan fingerprint density at radius 2 is 1.97 bits per heavy atom. The molecule has 1 saturated heterocycles. The summed E-state index contributed by atoms with van der Waals surface area (Å²) in [7, 11) is 0. The van der Waals surface area contributed by atoms with Gasteiger partial charge in [0.2, 0.25) is 0 Å². The van der Waals surface area contributed by atoms with Gasteiger partial charge in [-0.25, -0.2) is 9.97 Å². The number of fused-ring (bicyclic) bond motifs is 1. The van der Waals surface area contributed by atoms with Crippen LogP contribution < -0.4 is 10.1 Å². The van der Waals surface area contributed by atoms with E-state index >= 15 is 0 Å². The van der Waals surface area contributed by atoms with E-state index in [0.717, 1.165) is 6.07 Å². The van der Waals surface area contributed by atoms with Crippen LogP contribution in [0.4, 0.5) is 13.2 Å². The highest BCUT2D eigenvalue weighted by Gasteiger charge is 2.35. The lowest BCUT2D eigenvalue weighted by Gasteiger charge is -2.25. The predicted octanol–water partition coefficient (Wildman–Crippen LogP) is 4.14. The molecule has 1 aliphatic rings. The second kappa shape index (κ2) is 8.89. The van der Waals surface area contributed by atoms with Crippen molar-refractivity contribution in [3.8, 4) is 5.75 Å². The molecule has 1 aromatic carbocycles. The Morgan fingerprint density at radius 3 is 2.74 bits per heavy atom. The number of nitrogens with zero attached hydrogens (tertiary/aromatic N) is 2. The summed E-state index contributed by atoms with van der Waals surface area (Å²) in [6.07, 6.45) is -0.806. The lowest BCUT2D eigenvalue weighted by Crippen LogP contribution is -2.27. The van der Waals surface area contributed by atoms with Crippen molar-refractivity contribution in [3.05, 3.63) is 65.5 Å². The third-order valence-corrected chi connectivity index (χ3v) is 4.98. The van der Waals surface area contributed by atoms with Crippen molar-refractivity contribution in [1.82, 2.24) is 15.3 Å². The quantitative estimate of drug-likeness (QED) is 0.658. The Kier molecular flexibility index (Phi) is 6.03. The van der Waals surface area contributed by atoms with E-state index in [1.165, 1.54) is 18.3 Å². The number of benzene rings is 1. The zero-order valence-electron chi connectivity index (χ0n) is 16.5. The molecule has 9 heteroatoms. The van der Waals surface area contributed by atoms with Gasteiger partial charge in [-0.1, -0.05) is 6.07 Å². The summed E-state index contributed by atoms with van der Waals surface area (Å²) in [4.78, 5) is 20.7. The molecular weight excluding hydrogens is 411 g/mol. The van der Waals surface area contributed by atoms with Gasteiger partial charge in [0.25, 0.3) is 5.91 Å². The van der Waals surface area contributed by atoms with Crippen molar-refractivity contribution >= 4 is 16.9 Å². The van der Waals surface area contributed by atoms with Crippen molar-refractivity contribution in [1.29, 1.82) is 0 Å². The number of nitrogens with one attached hydrogen (secondary N) is 1. The molecule has 1 fully saturated rings. The molecule has 1 amide bonds. The van der Waals surface area contributed by atoms with E-state index in [0.29, 0.717) is 48.2 Å². The average Bonchev–Trinajstić information content (AvgIpc) is 2.78. The first kappa shape index (κ1) is 21.0. The van der Waals surface area contributed by atoms with Crippen molar-refractivity contribution in [2.75, 3.05) is 13.2 Å². The highest BCUT2D eigenvalue weighted by Crippen LogP contribution is 2.37. The van der Waals surface area contributed by atoms with Crippen LogP contribution in [0.25, 0.3) is 11.0 Å². The number of carbonyl (C=O) groups is 1. The van der Waals surface area contributed by atoms with E-state index in [2.05, 4.69) is 15.3 Å². The van der Waals surface area contributed by atoms with Gasteiger partial charge in [-0.05, 0) is 35.9 Å². The summed E-state index contributed by atoms with van der Waals surface area (Å²) in [5.41, 5.74) is 0.268. The molecule has 6 nitrogen and oxygen atoms in total. The number of halogens is 3. The number of rotatable bonds is 5. The van der Waals surface area contributed by atoms with Crippen molar-refractivity contribution < 1.29 is 27.4 Å². The lowest BCUT2D eigenvalue weighted by atomic mass is 10.1. The van der Waals surface area contributed by atoms with E-state index in [-0.39, 0.29) is 18.4 Å². The van der Waals surface area contributed by atoms with Gasteiger partial charge < -0.3 is 14.8 Å². The molecule has 0 spiro atoms. The molecule has 31 heavy (non-hydrogen) atoms. The monoisotopic (exact) mass is 431 g/mol. The Bertz CT molecular complexity index is 1080. The van der Waals surface area contributed by atoms with E-state index in [4.69, 9.17) is 9.47 Å². The van der Waals surface area contributed by atoms with Crippen LogP contribution >= 0.6 is 0 Å². The molecule has 162 valence electrons. The maximum atomic E-state index is 13.6. The Balaban J connectivity index is 1.47. The van der Waals surface area contributed by atoms with Gasteiger partial charge in [-0.3, -0.25) is 4.79 Å². The predicted molar refractivity (Wildman–Crippen MR) is 107 cm³/mol. The minimum atomic E-state index is -4.57. The van der Waals surface area contributed by atoms with Gasteiger partial charge in [0.15, 0.2) is 5.65 Å². The maximum Gasteiger partial charge on any atom is 0.419 e. The lowest BCUT2D eigenvalue weighted by molar-refractivity contribution is -0.139. The number of hydrogen-bond acceptors (Lipinski definition) is 5. The number of pyridine rings is 2. The van der Waals surface area contributed by atoms with Crippen LogP contribution in [-0.4, -0.2) is 35.2 Å². The van der Waals surface area contributed by atoms with Crippen LogP contribution in [0.3, 0.4) is 0 Å². The molecule has 0 atom stereocenters. The third-order valence-electron chi connectivity index (χ3n) is 4.98. The molecule has 0 unspecified atom stereocenters. The van der Waals surface area contributed by atoms with Gasteiger partial charge in [0, 0.05) is 37.2 Å². The first-order valence-electron chi connectivity index (χ1n) is 9.83. The summed E-state index contributed by atoms with van der Waals surface area (Å²) < 4.78 is 51.6. The smallest absolute Gasteiger partial charge is 0.419 e. The van der Waals surface area contributed by atoms with Crippen molar-refractivity contribution in [2.24, 2.45) is 0 Å². The highest BCUT2D eigenvalue weighted by atomic mass is 19.4. The average molecular weight is 431 g/mol. The zero-order valence-corrected chi connectivity index (χ0v) is 16.5. The largest absolute Gasteiger partial charge is 0.490 e. The normalized spacial score (nSPS) is 15.1. The Labute approximate surface area is 176 Å². The number of ether oxygens (including phenoxy) is 2. The van der Waals surface area contributed by atoms with E-state index in [9.17, 15) is 18.0 Å². The summed E-state index contributed by atoms with van der Waals surface area (Å²) >= 11 is 0. The summed E-state index contributed by atoms with van der Waals surface area (Å²) in [5, 5.41) is 3.33. The van der Waals surface area contributed by atoms with Crippen LogP contribution in [0.2, 0.25) is 0 Å². The number of amides is 1. The molecule has 2 aromatic heterocycles. The molecule has 0 radical (unpaired) electrons. The van der Waals surface area contributed by atoms with Gasteiger partial charge in [-0.2, -0.15) is 13.2 Å². The molecule has 4 rings (SSSR count). The standard InChI is InChI=1S/C22H20F3N3O3/c23-22(24,25)18-10-14(3-4-19(18)31-17-5-8-30-9-6-17)12-28-21(29)16-11-15-2-1-7-26-20(15)27-13-16/h1-4,7,10-11,13,17H,5-6,8-9,12H2,(H,28,29). The molecule has 1 N–H and O–H groups in total.